The Balaban J connectivity index is 1.68. The molecule has 0 bridgehead atoms. The van der Waals surface area contributed by atoms with Crippen molar-refractivity contribution in [3.05, 3.63) is 41.6 Å². The van der Waals surface area contributed by atoms with Gasteiger partial charge in [-0.1, -0.05) is 12.1 Å². The number of amides is 2. The quantitative estimate of drug-likeness (QED) is 0.859. The number of para-hydroxylation sites is 1. The van der Waals surface area contributed by atoms with Crippen molar-refractivity contribution in [3.8, 4) is 5.75 Å². The Morgan fingerprint density at radius 2 is 2.04 bits per heavy atom. The lowest BCUT2D eigenvalue weighted by atomic mass is 10.1. The molecule has 0 aliphatic carbocycles. The van der Waals surface area contributed by atoms with E-state index in [2.05, 4.69) is 25.5 Å². The first-order chi connectivity index (χ1) is 13.5. The van der Waals surface area contributed by atoms with Crippen LogP contribution in [0.25, 0.3) is 0 Å². The Hall–Kier alpha value is -3.82. The molecule has 0 saturated heterocycles. The molecular weight excluding hydrogens is 362 g/mol. The van der Waals surface area contributed by atoms with Crippen molar-refractivity contribution in [2.24, 2.45) is 21.0 Å². The number of hydrogen-bond donors (Lipinski definition) is 1. The summed E-state index contributed by atoms with van der Waals surface area (Å²) in [6.45, 7) is 1.77. The molecule has 10 heteroatoms. The second kappa shape index (κ2) is 6.72. The van der Waals surface area contributed by atoms with Crippen LogP contribution in [0.4, 0.5) is 5.82 Å². The van der Waals surface area contributed by atoms with Gasteiger partial charge in [0.1, 0.15) is 23.3 Å². The van der Waals surface area contributed by atoms with E-state index in [9.17, 15) is 9.59 Å². The summed E-state index contributed by atoms with van der Waals surface area (Å²) in [5.74, 6) is -0.0410. The van der Waals surface area contributed by atoms with E-state index in [1.54, 1.807) is 44.3 Å². The lowest BCUT2D eigenvalue weighted by Crippen LogP contribution is -2.35. The van der Waals surface area contributed by atoms with Gasteiger partial charge in [0.2, 0.25) is 0 Å². The number of anilines is 1. The molecular formula is C18H17N7O3. The molecule has 2 amide bonds. The number of nitrogens with zero attached hydrogens (tertiary/aromatic N) is 6. The molecule has 3 heterocycles. The average molecular weight is 379 g/mol. The molecule has 1 atom stereocenters. The fourth-order valence-corrected chi connectivity index (χ4v) is 2.96. The third-order valence-corrected chi connectivity index (χ3v) is 4.30. The molecule has 0 spiro atoms. The lowest BCUT2D eigenvalue weighted by molar-refractivity contribution is -0.118. The van der Waals surface area contributed by atoms with E-state index in [0.717, 1.165) is 0 Å². The molecule has 4 rings (SSSR count). The van der Waals surface area contributed by atoms with Crippen LogP contribution in [0.5, 0.6) is 5.75 Å². The standard InChI is InChI=1S/C18H17N7O3/c1-10-8-14(20-16(26)11-6-4-5-7-13(11)28-3)25(23-10)18-21-15-12(17(27)22-18)9-19-24(15)2/h4-9,12H,1-3H3,(H,20,26). The molecule has 1 aromatic carbocycles. The van der Waals surface area contributed by atoms with Gasteiger partial charge in [0, 0.05) is 19.3 Å². The molecule has 1 unspecified atom stereocenters. The fraction of sp³-hybridized carbons (Fsp3) is 0.222. The van der Waals surface area contributed by atoms with E-state index >= 15 is 0 Å². The van der Waals surface area contributed by atoms with Gasteiger partial charge >= 0.3 is 0 Å². The molecule has 0 fully saturated rings. The second-order valence-corrected chi connectivity index (χ2v) is 6.22. The van der Waals surface area contributed by atoms with Crippen molar-refractivity contribution < 1.29 is 14.3 Å². The SMILES string of the molecule is COc1ccccc1C(=O)Nc1cc(C)nn1C1=NC(=O)C2C=NN(C)C2=N1. The van der Waals surface area contributed by atoms with Gasteiger partial charge in [0.05, 0.1) is 18.4 Å². The van der Waals surface area contributed by atoms with E-state index in [0.29, 0.717) is 28.7 Å². The number of methoxy groups -OCH3 is 1. The van der Waals surface area contributed by atoms with Crippen molar-refractivity contribution in [2.45, 2.75) is 6.92 Å². The average Bonchev–Trinajstić information content (AvgIpc) is 3.24. The van der Waals surface area contributed by atoms with E-state index in [1.165, 1.54) is 23.0 Å². The maximum Gasteiger partial charge on any atom is 0.265 e. The van der Waals surface area contributed by atoms with Crippen LogP contribution in [0, 0.1) is 12.8 Å². The number of aliphatic imine (C=N–C) groups is 2. The predicted molar refractivity (Wildman–Crippen MR) is 103 cm³/mol. The van der Waals surface area contributed by atoms with Gasteiger partial charge in [-0.05, 0) is 19.1 Å². The van der Waals surface area contributed by atoms with Gasteiger partial charge in [-0.25, -0.2) is 0 Å². The summed E-state index contributed by atoms with van der Waals surface area (Å²) in [6.07, 6.45) is 1.50. The summed E-state index contributed by atoms with van der Waals surface area (Å²) < 4.78 is 6.57. The van der Waals surface area contributed by atoms with Gasteiger partial charge in [-0.15, -0.1) is 0 Å². The monoisotopic (exact) mass is 379 g/mol. The first-order valence-electron chi connectivity index (χ1n) is 8.48. The zero-order chi connectivity index (χ0) is 19.8. The minimum atomic E-state index is -0.586. The number of carbonyl (C=O) groups excluding carboxylic acids is 2. The number of ether oxygens (including phenoxy) is 1. The molecule has 28 heavy (non-hydrogen) atoms. The summed E-state index contributed by atoms with van der Waals surface area (Å²) in [6, 6.07) is 8.54. The van der Waals surface area contributed by atoms with Crippen LogP contribution >= 0.6 is 0 Å². The van der Waals surface area contributed by atoms with Crippen molar-refractivity contribution in [3.63, 3.8) is 0 Å². The third-order valence-electron chi connectivity index (χ3n) is 4.30. The predicted octanol–water partition coefficient (Wildman–Crippen LogP) is 1.14. The molecule has 1 N–H and O–H groups in total. The van der Waals surface area contributed by atoms with Crippen LogP contribution in [-0.2, 0) is 4.79 Å². The third kappa shape index (κ3) is 2.94. The van der Waals surface area contributed by atoms with E-state index < -0.39 is 5.92 Å². The molecule has 142 valence electrons. The van der Waals surface area contributed by atoms with Gasteiger partial charge in [-0.3, -0.25) is 14.6 Å². The molecule has 2 aliphatic rings. The zero-order valence-electron chi connectivity index (χ0n) is 15.4. The highest BCUT2D eigenvalue weighted by atomic mass is 16.5. The first kappa shape index (κ1) is 17.6. The number of rotatable bonds is 3. The van der Waals surface area contributed by atoms with Crippen molar-refractivity contribution in [1.29, 1.82) is 0 Å². The smallest absolute Gasteiger partial charge is 0.265 e. The minimum absolute atomic E-state index is 0.0667. The number of hydrazone groups is 1. The topological polar surface area (TPSA) is 114 Å². The number of hydrogen-bond acceptors (Lipinski definition) is 7. The van der Waals surface area contributed by atoms with Crippen molar-refractivity contribution in [2.75, 3.05) is 19.5 Å². The Bertz CT molecular complexity index is 1070. The number of benzene rings is 1. The number of carbonyl (C=O) groups is 2. The van der Waals surface area contributed by atoms with Crippen LogP contribution in [0.3, 0.4) is 0 Å². The number of fused-ring (bicyclic) bond motifs is 1. The highest BCUT2D eigenvalue weighted by Gasteiger charge is 2.35. The molecule has 2 aromatic rings. The molecule has 0 saturated carbocycles. The number of aryl methyl sites for hydroxylation is 1. The fourth-order valence-electron chi connectivity index (χ4n) is 2.96. The minimum Gasteiger partial charge on any atom is -0.496 e. The van der Waals surface area contributed by atoms with Crippen LogP contribution in [0.2, 0.25) is 0 Å². The Labute approximate surface area is 160 Å². The van der Waals surface area contributed by atoms with Gasteiger partial charge < -0.3 is 10.1 Å². The largest absolute Gasteiger partial charge is 0.496 e. The van der Waals surface area contributed by atoms with Gasteiger partial charge in [-0.2, -0.15) is 24.9 Å². The molecule has 2 aliphatic heterocycles. The highest BCUT2D eigenvalue weighted by Crippen LogP contribution is 2.22. The summed E-state index contributed by atoms with van der Waals surface area (Å²) in [4.78, 5) is 33.5. The second-order valence-electron chi connectivity index (χ2n) is 6.22. The Morgan fingerprint density at radius 1 is 1.25 bits per heavy atom. The van der Waals surface area contributed by atoms with Crippen molar-refractivity contribution in [1.82, 2.24) is 14.8 Å². The lowest BCUT2D eigenvalue weighted by Gasteiger charge is -2.17. The summed E-state index contributed by atoms with van der Waals surface area (Å²) in [7, 11) is 3.19. The van der Waals surface area contributed by atoms with Gasteiger partial charge in [0.25, 0.3) is 17.8 Å². The molecule has 1 aromatic heterocycles. The van der Waals surface area contributed by atoms with Crippen LogP contribution < -0.4 is 10.1 Å². The van der Waals surface area contributed by atoms with Crippen molar-refractivity contribution >= 4 is 35.6 Å². The highest BCUT2D eigenvalue weighted by molar-refractivity contribution is 6.24. The van der Waals surface area contributed by atoms with Crippen LogP contribution in [-0.4, -0.2) is 58.8 Å². The van der Waals surface area contributed by atoms with Crippen LogP contribution in [0.15, 0.2) is 45.4 Å². The first-order valence-corrected chi connectivity index (χ1v) is 8.48. The van der Waals surface area contributed by atoms with E-state index in [-0.39, 0.29) is 17.8 Å². The summed E-state index contributed by atoms with van der Waals surface area (Å²) >= 11 is 0. The normalized spacial score (nSPS) is 17.9. The zero-order valence-corrected chi connectivity index (χ0v) is 15.4. The number of nitrogens with one attached hydrogen (secondary N) is 1. The summed E-state index contributed by atoms with van der Waals surface area (Å²) in [5, 5.41) is 12.7. The van der Waals surface area contributed by atoms with Gasteiger partial charge in [0.15, 0.2) is 0 Å². The molecule has 0 radical (unpaired) electrons. The maximum atomic E-state index is 12.7. The molecule has 10 nitrogen and oxygen atoms in total. The van der Waals surface area contributed by atoms with E-state index in [1.807, 2.05) is 0 Å². The maximum absolute atomic E-state index is 12.7. The number of aromatic nitrogens is 2. The Morgan fingerprint density at radius 3 is 2.82 bits per heavy atom. The summed E-state index contributed by atoms with van der Waals surface area (Å²) in [5.41, 5.74) is 0.996. The number of amidine groups is 1. The van der Waals surface area contributed by atoms with Crippen LogP contribution in [0.1, 0.15) is 16.1 Å². The Kier molecular flexibility index (Phi) is 4.22. The van der Waals surface area contributed by atoms with E-state index in [4.69, 9.17) is 4.74 Å².